The Labute approximate surface area is 81.5 Å². The van der Waals surface area contributed by atoms with Gasteiger partial charge in [0, 0.05) is 13.2 Å². The topological polar surface area (TPSA) is 65.4 Å². The predicted octanol–water partition coefficient (Wildman–Crippen LogP) is 1.02. The molecule has 0 aliphatic heterocycles. The SMILES string of the molecule is CO[C@@H](C)c1c(N)cnc2ccnn12. The molecule has 14 heavy (non-hydrogen) atoms. The number of hydrogen-bond donors (Lipinski definition) is 1. The first-order valence-corrected chi connectivity index (χ1v) is 4.35. The van der Waals surface area contributed by atoms with Crippen molar-refractivity contribution in [1.29, 1.82) is 0 Å². The monoisotopic (exact) mass is 192 g/mol. The quantitative estimate of drug-likeness (QED) is 0.771. The van der Waals surface area contributed by atoms with E-state index in [-0.39, 0.29) is 6.10 Å². The standard InChI is InChI=1S/C9H12N4O/c1-6(14-2)9-7(10)5-11-8-3-4-12-13(8)9/h3-6H,10H2,1-2H3/t6-/m0/s1. The van der Waals surface area contributed by atoms with Crippen LogP contribution in [0.15, 0.2) is 18.5 Å². The lowest BCUT2D eigenvalue weighted by atomic mass is 10.2. The molecule has 0 radical (unpaired) electrons. The molecule has 0 aliphatic carbocycles. The highest BCUT2D eigenvalue weighted by Gasteiger charge is 2.13. The Morgan fingerprint density at radius 3 is 3.07 bits per heavy atom. The second kappa shape index (κ2) is 3.26. The minimum Gasteiger partial charge on any atom is -0.396 e. The van der Waals surface area contributed by atoms with Crippen molar-refractivity contribution in [3.05, 3.63) is 24.2 Å². The van der Waals surface area contributed by atoms with E-state index >= 15 is 0 Å². The fourth-order valence-corrected chi connectivity index (χ4v) is 1.42. The maximum atomic E-state index is 5.82. The van der Waals surface area contributed by atoms with Gasteiger partial charge in [0.15, 0.2) is 5.65 Å². The molecular formula is C9H12N4O. The smallest absolute Gasteiger partial charge is 0.155 e. The Morgan fingerprint density at radius 2 is 2.36 bits per heavy atom. The van der Waals surface area contributed by atoms with Gasteiger partial charge >= 0.3 is 0 Å². The Bertz CT molecular complexity index is 451. The molecule has 0 aromatic carbocycles. The van der Waals surface area contributed by atoms with E-state index in [2.05, 4.69) is 10.1 Å². The van der Waals surface area contributed by atoms with Crippen LogP contribution in [-0.4, -0.2) is 21.7 Å². The van der Waals surface area contributed by atoms with E-state index in [4.69, 9.17) is 10.5 Å². The van der Waals surface area contributed by atoms with Crippen molar-refractivity contribution in [3.8, 4) is 0 Å². The minimum atomic E-state index is -0.0969. The Balaban J connectivity index is 2.70. The lowest BCUT2D eigenvalue weighted by Gasteiger charge is -2.13. The van der Waals surface area contributed by atoms with Crippen molar-refractivity contribution in [1.82, 2.24) is 14.6 Å². The predicted molar refractivity (Wildman–Crippen MR) is 52.8 cm³/mol. The highest BCUT2D eigenvalue weighted by molar-refractivity contribution is 5.49. The van der Waals surface area contributed by atoms with Crippen molar-refractivity contribution < 1.29 is 4.74 Å². The number of methoxy groups -OCH3 is 1. The maximum Gasteiger partial charge on any atom is 0.155 e. The summed E-state index contributed by atoms with van der Waals surface area (Å²) in [5.41, 5.74) is 8.02. The molecule has 0 amide bonds. The molecule has 0 bridgehead atoms. The number of hydrogen-bond acceptors (Lipinski definition) is 4. The van der Waals surface area contributed by atoms with Crippen molar-refractivity contribution in [2.45, 2.75) is 13.0 Å². The molecule has 2 N–H and O–H groups in total. The number of nitrogens with zero attached hydrogens (tertiary/aromatic N) is 3. The molecule has 0 saturated carbocycles. The fourth-order valence-electron chi connectivity index (χ4n) is 1.42. The molecule has 2 rings (SSSR count). The molecule has 5 heteroatoms. The van der Waals surface area contributed by atoms with Gasteiger partial charge in [0.05, 0.1) is 29.9 Å². The van der Waals surface area contributed by atoms with E-state index in [1.807, 2.05) is 13.0 Å². The van der Waals surface area contributed by atoms with Crippen LogP contribution in [-0.2, 0) is 4.74 Å². The largest absolute Gasteiger partial charge is 0.396 e. The summed E-state index contributed by atoms with van der Waals surface area (Å²) in [4.78, 5) is 4.14. The van der Waals surface area contributed by atoms with Crippen LogP contribution in [0.3, 0.4) is 0 Å². The summed E-state index contributed by atoms with van der Waals surface area (Å²) >= 11 is 0. The fraction of sp³-hybridized carbons (Fsp3) is 0.333. The van der Waals surface area contributed by atoms with Crippen molar-refractivity contribution >= 4 is 11.3 Å². The Kier molecular flexibility index (Phi) is 2.09. The summed E-state index contributed by atoms with van der Waals surface area (Å²) in [6, 6.07) is 1.82. The summed E-state index contributed by atoms with van der Waals surface area (Å²) < 4.78 is 6.92. The van der Waals surface area contributed by atoms with Crippen LogP contribution in [0, 0.1) is 0 Å². The van der Waals surface area contributed by atoms with Crippen molar-refractivity contribution in [3.63, 3.8) is 0 Å². The molecule has 0 aliphatic rings. The van der Waals surface area contributed by atoms with Gasteiger partial charge in [-0.2, -0.15) is 5.10 Å². The third-order valence-corrected chi connectivity index (χ3v) is 2.22. The van der Waals surface area contributed by atoms with Crippen LogP contribution in [0.5, 0.6) is 0 Å². The third kappa shape index (κ3) is 1.22. The number of fused-ring (bicyclic) bond motifs is 1. The molecule has 5 nitrogen and oxygen atoms in total. The van der Waals surface area contributed by atoms with E-state index in [1.54, 1.807) is 24.0 Å². The van der Waals surface area contributed by atoms with Crippen LogP contribution in [0.25, 0.3) is 5.65 Å². The third-order valence-electron chi connectivity index (χ3n) is 2.22. The van der Waals surface area contributed by atoms with E-state index in [0.717, 1.165) is 11.3 Å². The van der Waals surface area contributed by atoms with E-state index in [1.165, 1.54) is 0 Å². The molecule has 0 fully saturated rings. The molecular weight excluding hydrogens is 180 g/mol. The first-order chi connectivity index (χ1) is 6.74. The van der Waals surface area contributed by atoms with Crippen molar-refractivity contribution in [2.75, 3.05) is 12.8 Å². The van der Waals surface area contributed by atoms with Crippen LogP contribution >= 0.6 is 0 Å². The lowest BCUT2D eigenvalue weighted by Crippen LogP contribution is -2.09. The van der Waals surface area contributed by atoms with Gasteiger partial charge in [-0.25, -0.2) is 9.50 Å². The zero-order chi connectivity index (χ0) is 10.1. The second-order valence-electron chi connectivity index (χ2n) is 3.08. The van der Waals surface area contributed by atoms with Gasteiger partial charge in [0.2, 0.25) is 0 Å². The van der Waals surface area contributed by atoms with Crippen molar-refractivity contribution in [2.24, 2.45) is 0 Å². The van der Waals surface area contributed by atoms with E-state index in [9.17, 15) is 0 Å². The van der Waals surface area contributed by atoms with Gasteiger partial charge in [-0.05, 0) is 6.92 Å². The van der Waals surface area contributed by atoms with E-state index in [0.29, 0.717) is 5.69 Å². The first-order valence-electron chi connectivity index (χ1n) is 4.35. The van der Waals surface area contributed by atoms with Gasteiger partial charge in [-0.15, -0.1) is 0 Å². The Morgan fingerprint density at radius 1 is 1.57 bits per heavy atom. The molecule has 1 atom stereocenters. The summed E-state index contributed by atoms with van der Waals surface area (Å²) in [6.45, 7) is 1.92. The highest BCUT2D eigenvalue weighted by atomic mass is 16.5. The average Bonchev–Trinajstić information content (AvgIpc) is 2.64. The average molecular weight is 192 g/mol. The van der Waals surface area contributed by atoms with Gasteiger partial charge in [-0.3, -0.25) is 0 Å². The van der Waals surface area contributed by atoms with Gasteiger partial charge in [0.25, 0.3) is 0 Å². The zero-order valence-electron chi connectivity index (χ0n) is 8.14. The summed E-state index contributed by atoms with van der Waals surface area (Å²) in [5, 5.41) is 4.14. The first kappa shape index (κ1) is 8.96. The maximum absolute atomic E-state index is 5.82. The van der Waals surface area contributed by atoms with Crippen LogP contribution in [0.2, 0.25) is 0 Å². The molecule has 74 valence electrons. The lowest BCUT2D eigenvalue weighted by molar-refractivity contribution is 0.114. The van der Waals surface area contributed by atoms with Gasteiger partial charge in [0.1, 0.15) is 0 Å². The molecule has 2 aromatic rings. The zero-order valence-corrected chi connectivity index (χ0v) is 8.14. The highest BCUT2D eigenvalue weighted by Crippen LogP contribution is 2.21. The van der Waals surface area contributed by atoms with Crippen LogP contribution in [0.1, 0.15) is 18.7 Å². The Hall–Kier alpha value is -1.62. The summed E-state index contributed by atoms with van der Waals surface area (Å²) in [5.74, 6) is 0. The van der Waals surface area contributed by atoms with E-state index < -0.39 is 0 Å². The number of nitrogen functional groups attached to an aromatic ring is 1. The number of nitrogens with two attached hydrogens (primary N) is 1. The number of anilines is 1. The number of rotatable bonds is 2. The van der Waals surface area contributed by atoms with Crippen LogP contribution in [0.4, 0.5) is 5.69 Å². The summed E-state index contributed by atoms with van der Waals surface area (Å²) in [7, 11) is 1.64. The van der Waals surface area contributed by atoms with Crippen LogP contribution < -0.4 is 5.73 Å². The minimum absolute atomic E-state index is 0.0969. The number of aromatic nitrogens is 3. The molecule has 0 saturated heterocycles. The molecule has 2 aromatic heterocycles. The van der Waals surface area contributed by atoms with Gasteiger partial charge < -0.3 is 10.5 Å². The number of ether oxygens (including phenoxy) is 1. The molecule has 0 unspecified atom stereocenters. The normalized spacial score (nSPS) is 13.3. The second-order valence-corrected chi connectivity index (χ2v) is 3.08. The molecule has 0 spiro atoms. The van der Waals surface area contributed by atoms with Gasteiger partial charge in [-0.1, -0.05) is 0 Å². The molecule has 2 heterocycles. The summed E-state index contributed by atoms with van der Waals surface area (Å²) in [6.07, 6.45) is 3.22.